The molecule has 0 aromatic heterocycles. The van der Waals surface area contributed by atoms with Gasteiger partial charge in [-0.05, 0) is 31.9 Å². The zero-order valence-corrected chi connectivity index (χ0v) is 11.8. The highest BCUT2D eigenvalue weighted by molar-refractivity contribution is 9.10. The summed E-state index contributed by atoms with van der Waals surface area (Å²) in [7, 11) is 1.74. The summed E-state index contributed by atoms with van der Waals surface area (Å²) in [5.74, 6) is 0. The molecule has 1 aromatic carbocycles. The summed E-state index contributed by atoms with van der Waals surface area (Å²) in [6.45, 7) is 5.17. The van der Waals surface area contributed by atoms with Gasteiger partial charge in [0.1, 0.15) is 0 Å². The van der Waals surface area contributed by atoms with Gasteiger partial charge in [0.15, 0.2) is 0 Å². The lowest BCUT2D eigenvalue weighted by atomic mass is 10.1. The first-order valence-electron chi connectivity index (χ1n) is 5.64. The van der Waals surface area contributed by atoms with Crippen molar-refractivity contribution < 1.29 is 4.74 Å². The van der Waals surface area contributed by atoms with Gasteiger partial charge in [-0.3, -0.25) is 0 Å². The summed E-state index contributed by atoms with van der Waals surface area (Å²) in [6, 6.07) is 9.13. The third-order valence-electron chi connectivity index (χ3n) is 2.66. The van der Waals surface area contributed by atoms with E-state index in [0.717, 1.165) is 17.5 Å². The maximum atomic E-state index is 5.07. The van der Waals surface area contributed by atoms with E-state index in [2.05, 4.69) is 53.3 Å². The first-order valence-corrected chi connectivity index (χ1v) is 6.44. The molecule has 0 aliphatic heterocycles. The van der Waals surface area contributed by atoms with Crippen molar-refractivity contribution in [3.63, 3.8) is 0 Å². The molecule has 1 unspecified atom stereocenters. The van der Waals surface area contributed by atoms with Gasteiger partial charge in [0, 0.05) is 30.3 Å². The molecule has 1 aromatic rings. The van der Waals surface area contributed by atoms with Gasteiger partial charge in [-0.2, -0.15) is 0 Å². The van der Waals surface area contributed by atoms with Crippen molar-refractivity contribution in [3.05, 3.63) is 34.3 Å². The number of nitrogens with one attached hydrogen (secondary N) is 1. The quantitative estimate of drug-likeness (QED) is 0.864. The minimum Gasteiger partial charge on any atom is -0.385 e. The van der Waals surface area contributed by atoms with E-state index in [-0.39, 0.29) is 0 Å². The Balaban J connectivity index is 2.52. The predicted octanol–water partition coefficient (Wildman–Crippen LogP) is 3.52. The molecule has 0 heterocycles. The van der Waals surface area contributed by atoms with Crippen LogP contribution in [0, 0.1) is 0 Å². The van der Waals surface area contributed by atoms with E-state index in [0.29, 0.717) is 12.1 Å². The predicted molar refractivity (Wildman–Crippen MR) is 71.6 cm³/mol. The third-order valence-corrected chi connectivity index (χ3v) is 3.38. The molecular formula is C13H20BrNO. The standard InChI is InChI=1S/C13H20BrNO/c1-10(8-9-16-3)15-11(2)12-6-4-5-7-13(12)14/h4-7,10-11,15H,8-9H2,1-3H3/t10?,11-/m1/s1. The number of halogens is 1. The molecule has 0 bridgehead atoms. The Morgan fingerprint density at radius 2 is 2.00 bits per heavy atom. The zero-order valence-electron chi connectivity index (χ0n) is 10.2. The lowest BCUT2D eigenvalue weighted by molar-refractivity contribution is 0.183. The van der Waals surface area contributed by atoms with Gasteiger partial charge in [0.25, 0.3) is 0 Å². The van der Waals surface area contributed by atoms with Crippen LogP contribution in [-0.4, -0.2) is 19.8 Å². The van der Waals surface area contributed by atoms with Crippen LogP contribution in [0.4, 0.5) is 0 Å². The monoisotopic (exact) mass is 285 g/mol. The van der Waals surface area contributed by atoms with Gasteiger partial charge in [-0.15, -0.1) is 0 Å². The van der Waals surface area contributed by atoms with E-state index in [9.17, 15) is 0 Å². The van der Waals surface area contributed by atoms with Crippen molar-refractivity contribution >= 4 is 15.9 Å². The van der Waals surface area contributed by atoms with Crippen molar-refractivity contribution in [3.8, 4) is 0 Å². The zero-order chi connectivity index (χ0) is 12.0. The van der Waals surface area contributed by atoms with Crippen molar-refractivity contribution in [2.24, 2.45) is 0 Å². The molecule has 0 spiro atoms. The van der Waals surface area contributed by atoms with Gasteiger partial charge in [0.2, 0.25) is 0 Å². The first-order chi connectivity index (χ1) is 7.65. The minimum absolute atomic E-state index is 0.349. The molecule has 0 radical (unpaired) electrons. The van der Waals surface area contributed by atoms with Gasteiger partial charge in [0.05, 0.1) is 0 Å². The summed E-state index contributed by atoms with van der Waals surface area (Å²) < 4.78 is 6.24. The van der Waals surface area contributed by atoms with Crippen LogP contribution in [0.1, 0.15) is 31.9 Å². The van der Waals surface area contributed by atoms with E-state index < -0.39 is 0 Å². The molecule has 16 heavy (non-hydrogen) atoms. The highest BCUT2D eigenvalue weighted by Gasteiger charge is 2.11. The lowest BCUT2D eigenvalue weighted by Crippen LogP contribution is -2.30. The van der Waals surface area contributed by atoms with Crippen molar-refractivity contribution in [1.82, 2.24) is 5.32 Å². The van der Waals surface area contributed by atoms with Crippen LogP contribution in [0.2, 0.25) is 0 Å². The van der Waals surface area contributed by atoms with Gasteiger partial charge < -0.3 is 10.1 Å². The van der Waals surface area contributed by atoms with Crippen molar-refractivity contribution in [2.75, 3.05) is 13.7 Å². The van der Waals surface area contributed by atoms with Crippen LogP contribution in [0.5, 0.6) is 0 Å². The molecule has 0 aliphatic carbocycles. The van der Waals surface area contributed by atoms with Gasteiger partial charge in [-0.25, -0.2) is 0 Å². The number of hydrogen-bond acceptors (Lipinski definition) is 2. The molecule has 0 saturated heterocycles. The molecule has 0 amide bonds. The Bertz CT molecular complexity index is 317. The van der Waals surface area contributed by atoms with E-state index in [4.69, 9.17) is 4.74 Å². The molecule has 90 valence electrons. The number of methoxy groups -OCH3 is 1. The van der Waals surface area contributed by atoms with Crippen LogP contribution >= 0.6 is 15.9 Å². The van der Waals surface area contributed by atoms with Crippen molar-refractivity contribution in [2.45, 2.75) is 32.4 Å². The number of rotatable bonds is 6. The summed E-state index contributed by atoms with van der Waals surface area (Å²) >= 11 is 3.57. The number of ether oxygens (including phenoxy) is 1. The second-order valence-corrected chi connectivity index (χ2v) is 4.95. The van der Waals surface area contributed by atoms with E-state index in [1.54, 1.807) is 7.11 Å². The Hall–Kier alpha value is -0.380. The SMILES string of the molecule is COCCC(C)N[C@H](C)c1ccccc1Br. The average Bonchev–Trinajstić information content (AvgIpc) is 2.26. The topological polar surface area (TPSA) is 21.3 Å². The van der Waals surface area contributed by atoms with E-state index in [1.807, 2.05) is 6.07 Å². The Morgan fingerprint density at radius 3 is 2.62 bits per heavy atom. The Morgan fingerprint density at radius 1 is 1.31 bits per heavy atom. The van der Waals surface area contributed by atoms with Crippen molar-refractivity contribution in [1.29, 1.82) is 0 Å². The van der Waals surface area contributed by atoms with Gasteiger partial charge in [-0.1, -0.05) is 34.1 Å². The molecule has 1 N–H and O–H groups in total. The highest BCUT2D eigenvalue weighted by atomic mass is 79.9. The summed E-state index contributed by atoms with van der Waals surface area (Å²) in [4.78, 5) is 0. The normalized spacial score (nSPS) is 14.8. The summed E-state index contributed by atoms with van der Waals surface area (Å²) in [6.07, 6.45) is 1.03. The summed E-state index contributed by atoms with van der Waals surface area (Å²) in [5, 5.41) is 3.56. The maximum Gasteiger partial charge on any atom is 0.0476 e. The first kappa shape index (κ1) is 13.7. The van der Waals surface area contributed by atoms with Crippen LogP contribution in [0.15, 0.2) is 28.7 Å². The molecule has 0 aliphatic rings. The largest absolute Gasteiger partial charge is 0.385 e. The fraction of sp³-hybridized carbons (Fsp3) is 0.538. The molecule has 2 atom stereocenters. The maximum absolute atomic E-state index is 5.07. The van der Waals surface area contributed by atoms with E-state index in [1.165, 1.54) is 5.56 Å². The molecule has 2 nitrogen and oxygen atoms in total. The minimum atomic E-state index is 0.349. The number of benzene rings is 1. The van der Waals surface area contributed by atoms with Crippen LogP contribution in [-0.2, 0) is 4.74 Å². The van der Waals surface area contributed by atoms with Crippen LogP contribution in [0.3, 0.4) is 0 Å². The Labute approximate surface area is 107 Å². The molecule has 0 fully saturated rings. The van der Waals surface area contributed by atoms with Gasteiger partial charge >= 0.3 is 0 Å². The lowest BCUT2D eigenvalue weighted by Gasteiger charge is -2.21. The fourth-order valence-corrected chi connectivity index (χ4v) is 2.35. The smallest absolute Gasteiger partial charge is 0.0476 e. The number of hydrogen-bond donors (Lipinski definition) is 1. The highest BCUT2D eigenvalue weighted by Crippen LogP contribution is 2.23. The van der Waals surface area contributed by atoms with Crippen LogP contribution < -0.4 is 5.32 Å². The fourth-order valence-electron chi connectivity index (χ4n) is 1.72. The summed E-state index contributed by atoms with van der Waals surface area (Å²) in [5.41, 5.74) is 1.30. The third kappa shape index (κ3) is 4.24. The molecule has 3 heteroatoms. The molecular weight excluding hydrogens is 266 g/mol. The van der Waals surface area contributed by atoms with Crippen LogP contribution in [0.25, 0.3) is 0 Å². The Kier molecular flexibility index (Phi) is 6.03. The molecule has 1 rings (SSSR count). The van der Waals surface area contributed by atoms with E-state index >= 15 is 0 Å². The molecule has 0 saturated carbocycles. The second kappa shape index (κ2) is 7.05. The second-order valence-electron chi connectivity index (χ2n) is 4.09. The average molecular weight is 286 g/mol.